The Kier molecular flexibility index (Phi) is 15.0. The number of likely N-dealkylation sites (tertiary alicyclic amines) is 1. The summed E-state index contributed by atoms with van der Waals surface area (Å²) in [6, 6.07) is 0. The fraction of sp³-hybridized carbons (Fsp3) is 0.881. The van der Waals surface area contributed by atoms with Gasteiger partial charge in [-0.3, -0.25) is 38.5 Å². The molecule has 0 aromatic carbocycles. The highest BCUT2D eigenvalue weighted by molar-refractivity contribution is 5.96. The van der Waals surface area contributed by atoms with Crippen molar-refractivity contribution in [3.63, 3.8) is 0 Å². The highest BCUT2D eigenvalue weighted by Gasteiger charge is 2.67. The molecule has 412 valence electrons. The van der Waals surface area contributed by atoms with Crippen molar-refractivity contribution in [2.75, 3.05) is 39.5 Å². The molecule has 23 unspecified atom stereocenters. The minimum Gasteiger partial charge on any atom is -0.481 e. The largest absolute Gasteiger partial charge is 0.481 e. The van der Waals surface area contributed by atoms with E-state index in [9.17, 15) is 43.8 Å². The summed E-state index contributed by atoms with van der Waals surface area (Å²) in [4.78, 5) is 98.7. The van der Waals surface area contributed by atoms with Crippen LogP contribution in [0.3, 0.4) is 0 Å². The summed E-state index contributed by atoms with van der Waals surface area (Å²) in [5, 5.41) is 20.5. The first kappa shape index (κ1) is 53.8. The van der Waals surface area contributed by atoms with E-state index in [2.05, 4.69) is 11.8 Å². The lowest BCUT2D eigenvalue weighted by atomic mass is 9.58. The molecular formula is C59H87NO14. The molecule has 2 heterocycles. The lowest BCUT2D eigenvalue weighted by Crippen LogP contribution is -2.47. The highest BCUT2D eigenvalue weighted by atomic mass is 16.6. The molecule has 8 bridgehead atoms. The quantitative estimate of drug-likeness (QED) is 0.0769. The normalized spacial score (nSPS) is 43.9. The monoisotopic (exact) mass is 1030 g/mol. The van der Waals surface area contributed by atoms with Gasteiger partial charge >= 0.3 is 41.8 Å². The van der Waals surface area contributed by atoms with Crippen molar-refractivity contribution in [2.45, 2.75) is 150 Å². The molecule has 0 spiro atoms. The van der Waals surface area contributed by atoms with Crippen LogP contribution < -0.4 is 0 Å². The Hall–Kier alpha value is -3.59. The third-order valence-corrected chi connectivity index (χ3v) is 21.9. The molecule has 8 saturated carbocycles. The summed E-state index contributed by atoms with van der Waals surface area (Å²) in [5.41, 5.74) is -1.39. The minimum atomic E-state index is -0.822. The van der Waals surface area contributed by atoms with Crippen LogP contribution in [-0.2, 0) is 57.2 Å². The second-order valence-electron chi connectivity index (χ2n) is 27.7. The van der Waals surface area contributed by atoms with E-state index >= 15 is 0 Å². The van der Waals surface area contributed by atoms with E-state index in [-0.39, 0.29) is 109 Å². The number of aliphatic carboxylic acids is 1. The molecule has 15 nitrogen and oxygen atoms in total. The number of carboxylic acids is 1. The number of nitrogens with zero attached hydrogens (tertiary/aromatic N) is 1. The molecule has 15 heteroatoms. The smallest absolute Gasteiger partial charge is 0.317 e. The van der Waals surface area contributed by atoms with Crippen LogP contribution in [0.5, 0.6) is 0 Å². The summed E-state index contributed by atoms with van der Waals surface area (Å²) < 4.78 is 29.1. The molecule has 0 radical (unpaired) electrons. The van der Waals surface area contributed by atoms with Crippen LogP contribution in [0.15, 0.2) is 0 Å². The van der Waals surface area contributed by atoms with E-state index in [0.717, 1.165) is 70.9 Å². The van der Waals surface area contributed by atoms with Crippen molar-refractivity contribution in [1.82, 2.24) is 4.90 Å². The Labute approximate surface area is 438 Å². The predicted molar refractivity (Wildman–Crippen MR) is 268 cm³/mol. The molecule has 10 rings (SSSR count). The molecule has 0 amide bonds. The number of rotatable bonds is 18. The van der Waals surface area contributed by atoms with Gasteiger partial charge in [0.15, 0.2) is 0 Å². The Bertz CT molecular complexity index is 2170. The van der Waals surface area contributed by atoms with Crippen molar-refractivity contribution >= 4 is 41.8 Å². The van der Waals surface area contributed by atoms with Crippen LogP contribution in [0.2, 0.25) is 0 Å². The standard InChI is InChI=1S/C59H87NO14/c1-28-30-17-37(48(18-30)55(67)73-58(3,4)5)33(28)23-35-32-20-39(47(22-32)53(65)71-16-14-61)40(35)25-36-31-19-38(46(21-31)51(62)63)41(36)26-43-42(24-34-29(2)52(64)72-54(34)66)44-27-45(43)50(57(69)74-59(6,7)8)49(44)56(68)70-15-13-60-11-9-10-12-60/h28-50,61H,9-27H2,1-8H3,(H,62,63). The van der Waals surface area contributed by atoms with Crippen LogP contribution in [0.1, 0.15) is 139 Å². The zero-order chi connectivity index (χ0) is 52.9. The average Bonchev–Trinajstić information content (AvgIpc) is 4.19. The van der Waals surface area contributed by atoms with Crippen molar-refractivity contribution in [1.29, 1.82) is 0 Å². The van der Waals surface area contributed by atoms with E-state index in [1.165, 1.54) is 0 Å². The number of fused-ring (bicyclic) bond motifs is 8. The van der Waals surface area contributed by atoms with E-state index in [1.54, 1.807) is 6.92 Å². The maximum absolute atomic E-state index is 14.7. The number of carbonyl (C=O) groups is 7. The number of ether oxygens (including phenoxy) is 5. The molecule has 23 atom stereocenters. The maximum Gasteiger partial charge on any atom is 0.317 e. The van der Waals surface area contributed by atoms with Gasteiger partial charge in [-0.25, -0.2) is 0 Å². The summed E-state index contributed by atoms with van der Waals surface area (Å²) in [6.45, 7) is 17.8. The van der Waals surface area contributed by atoms with Gasteiger partial charge in [-0.2, -0.15) is 0 Å². The maximum atomic E-state index is 14.7. The van der Waals surface area contributed by atoms with Gasteiger partial charge in [0.1, 0.15) is 24.4 Å². The lowest BCUT2D eigenvalue weighted by molar-refractivity contribution is -0.174. The zero-order valence-corrected chi connectivity index (χ0v) is 45.5. The van der Waals surface area contributed by atoms with Crippen molar-refractivity contribution in [3.05, 3.63) is 0 Å². The number of cyclic esters (lactones) is 2. The molecule has 74 heavy (non-hydrogen) atoms. The predicted octanol–water partition coefficient (Wildman–Crippen LogP) is 7.62. The topological polar surface area (TPSA) is 209 Å². The fourth-order valence-corrected chi connectivity index (χ4v) is 19.2. The molecule has 2 saturated heterocycles. The van der Waals surface area contributed by atoms with Gasteiger partial charge in [0.2, 0.25) is 0 Å². The fourth-order valence-electron chi connectivity index (χ4n) is 19.2. The van der Waals surface area contributed by atoms with Crippen LogP contribution in [0.25, 0.3) is 0 Å². The second kappa shape index (κ2) is 20.7. The molecule has 0 aromatic rings. The van der Waals surface area contributed by atoms with Gasteiger partial charge in [0.05, 0.1) is 48.0 Å². The van der Waals surface area contributed by atoms with Gasteiger partial charge in [0.25, 0.3) is 0 Å². The summed E-state index contributed by atoms with van der Waals surface area (Å²) >= 11 is 0. The van der Waals surface area contributed by atoms with Gasteiger partial charge in [-0.1, -0.05) is 13.8 Å². The first-order chi connectivity index (χ1) is 35.0. The number of carboxylic acid groups (broad SMARTS) is 1. The third-order valence-electron chi connectivity index (χ3n) is 21.9. The van der Waals surface area contributed by atoms with E-state index in [0.29, 0.717) is 61.8 Å². The average molecular weight is 1030 g/mol. The Morgan fingerprint density at radius 3 is 1.62 bits per heavy atom. The van der Waals surface area contributed by atoms with Gasteiger partial charge in [-0.15, -0.1) is 0 Å². The number of esters is 6. The molecule has 10 aliphatic rings. The molecule has 2 aliphatic heterocycles. The van der Waals surface area contributed by atoms with E-state index in [1.807, 2.05) is 41.5 Å². The molecule has 0 aromatic heterocycles. The highest BCUT2D eigenvalue weighted by Crippen LogP contribution is 2.69. The van der Waals surface area contributed by atoms with Crippen molar-refractivity contribution < 1.29 is 67.5 Å². The van der Waals surface area contributed by atoms with Crippen molar-refractivity contribution in [3.8, 4) is 0 Å². The summed E-state index contributed by atoms with van der Waals surface area (Å²) in [7, 11) is 0. The van der Waals surface area contributed by atoms with Crippen LogP contribution in [-0.4, -0.2) is 108 Å². The molecule has 2 N–H and O–H groups in total. The minimum absolute atomic E-state index is 0.0287. The van der Waals surface area contributed by atoms with Gasteiger partial charge in [-0.05, 0) is 233 Å². The van der Waals surface area contributed by atoms with E-state index in [4.69, 9.17) is 23.7 Å². The van der Waals surface area contributed by atoms with E-state index < -0.39 is 70.6 Å². The number of carbonyl (C=O) groups excluding carboxylic acids is 6. The third kappa shape index (κ3) is 10.1. The van der Waals surface area contributed by atoms with Crippen LogP contribution in [0.4, 0.5) is 0 Å². The summed E-state index contributed by atoms with van der Waals surface area (Å²) in [5.74, 6) is -5.39. The molecule has 8 aliphatic carbocycles. The zero-order valence-electron chi connectivity index (χ0n) is 45.5. The number of hydrogen-bond donors (Lipinski definition) is 2. The van der Waals surface area contributed by atoms with Gasteiger partial charge in [0, 0.05) is 6.54 Å². The Morgan fingerprint density at radius 2 is 1.04 bits per heavy atom. The second-order valence-corrected chi connectivity index (χ2v) is 27.7. The van der Waals surface area contributed by atoms with Crippen LogP contribution >= 0.6 is 0 Å². The van der Waals surface area contributed by atoms with Gasteiger partial charge < -0.3 is 33.9 Å². The van der Waals surface area contributed by atoms with Crippen molar-refractivity contribution in [2.24, 2.45) is 136 Å². The van der Waals surface area contributed by atoms with Crippen LogP contribution in [0, 0.1) is 136 Å². The first-order valence-corrected chi connectivity index (χ1v) is 29.1. The molecular weight excluding hydrogens is 947 g/mol. The Balaban J connectivity index is 0.966. The number of aliphatic hydroxyl groups excluding tert-OH is 1. The lowest BCUT2D eigenvalue weighted by Gasteiger charge is -2.46. The number of hydrogen-bond acceptors (Lipinski definition) is 14. The first-order valence-electron chi connectivity index (χ1n) is 29.1. The SMILES string of the molecule is CC1C(=O)OC(=O)C1CC1C(CC2C(CC3C(CC4C(C)C5CC(C(=O)OC(C)(C)C)C4C5)C4CC(C(=O)OCCO)C3C4)C3CC(C(=O)O)C2C3)C2CC1C(C(=O)OCCN1CCCC1)C2C(=O)OC(C)(C)C. The summed E-state index contributed by atoms with van der Waals surface area (Å²) in [6.07, 6.45) is 10.5. The number of aliphatic hydroxyl groups is 1. The molecule has 10 fully saturated rings. The Morgan fingerprint density at radius 1 is 0.554 bits per heavy atom.